The van der Waals surface area contributed by atoms with Crippen LogP contribution in [0.15, 0.2) is 41.5 Å². The van der Waals surface area contributed by atoms with Crippen LogP contribution >= 0.6 is 15.6 Å². The van der Waals surface area contributed by atoms with Crippen LogP contribution in [0, 0.1) is 17.8 Å². The fourth-order valence-corrected chi connectivity index (χ4v) is 5.48. The second kappa shape index (κ2) is 14.4. The zero-order chi connectivity index (χ0) is 29.2. The largest absolute Gasteiger partial charge is 0.487 e. The van der Waals surface area contributed by atoms with E-state index in [2.05, 4.69) is 41.6 Å². The lowest BCUT2D eigenvalue weighted by Crippen LogP contribution is -2.32. The Kier molecular flexibility index (Phi) is 12.9. The molecule has 0 radical (unpaired) electrons. The summed E-state index contributed by atoms with van der Waals surface area (Å²) in [6.07, 6.45) is 13.8. The van der Waals surface area contributed by atoms with E-state index in [0.717, 1.165) is 36.7 Å². The molecule has 1 rings (SSSR count). The van der Waals surface area contributed by atoms with Gasteiger partial charge in [-0.2, -0.15) is 4.31 Å². The second-order valence-corrected chi connectivity index (χ2v) is 12.9. The van der Waals surface area contributed by atoms with Crippen LogP contribution in [0.25, 0.3) is 0 Å². The molecule has 0 fully saturated rings. The highest BCUT2D eigenvalue weighted by atomic mass is 31.3. The van der Waals surface area contributed by atoms with Crippen molar-refractivity contribution in [1.82, 2.24) is 0 Å². The molecule has 212 valence electrons. The van der Waals surface area contributed by atoms with E-state index in [4.69, 9.17) is 20.9 Å². The molecule has 0 aliphatic carbocycles. The molecule has 0 spiro atoms. The molecule has 3 atom stereocenters. The fourth-order valence-electron chi connectivity index (χ4n) is 3.95. The minimum absolute atomic E-state index is 0.101. The van der Waals surface area contributed by atoms with E-state index in [1.165, 1.54) is 0 Å². The van der Waals surface area contributed by atoms with Crippen LogP contribution in [0.5, 0.6) is 5.75 Å². The topological polar surface area (TPSA) is 140 Å². The number of terminal acetylenes is 1. The molecule has 11 heteroatoms. The summed E-state index contributed by atoms with van der Waals surface area (Å²) in [6, 6.07) is 5.07. The number of ether oxygens (including phenoxy) is 1. The number of hydrogen-bond donors (Lipinski definition) is 3. The quantitative estimate of drug-likeness (QED) is 0.0854. The van der Waals surface area contributed by atoms with E-state index in [9.17, 15) is 18.8 Å². The fraction of sp³-hybridized carbons (Fsp3) is 0.519. The predicted octanol–water partition coefficient (Wildman–Crippen LogP) is 6.73. The minimum Gasteiger partial charge on any atom is -0.487 e. The predicted molar refractivity (Wildman–Crippen MR) is 148 cm³/mol. The summed E-state index contributed by atoms with van der Waals surface area (Å²) in [5.41, 5.74) is 2.49. The Morgan fingerprint density at radius 3 is 2.18 bits per heavy atom. The van der Waals surface area contributed by atoms with Gasteiger partial charge < -0.3 is 19.4 Å². The van der Waals surface area contributed by atoms with Gasteiger partial charge in [-0.3, -0.25) is 9.32 Å². The first-order valence-corrected chi connectivity index (χ1v) is 15.3. The standard InChI is InChI=1S/C27H40O9P2/c1-8-23-15-24(20-28)17-25(16-23)35-27(7,10-3)19-21(4)11-13-26(6,9-2)18-22(5)12-14-34-38(32,33)36-37(29,30)31/h1,11-12,15-17,20H,9-10,13-14,18-19H2,2-7H3,(H,32,33)(H2,29,30,31)/b21-11+,22-12+. The van der Waals surface area contributed by atoms with Gasteiger partial charge in [0.25, 0.3) is 0 Å². The maximum absolute atomic E-state index is 11.6. The normalized spacial score (nSPS) is 17.6. The van der Waals surface area contributed by atoms with Gasteiger partial charge in [-0.15, -0.1) is 6.42 Å². The first kappa shape index (κ1) is 34.0. The van der Waals surface area contributed by atoms with E-state index in [0.29, 0.717) is 29.7 Å². The number of phosphoric acid groups is 2. The maximum atomic E-state index is 11.6. The molecule has 1 aromatic rings. The molecule has 0 aliphatic rings. The summed E-state index contributed by atoms with van der Waals surface area (Å²) in [7, 11) is -10.0. The number of hydrogen-bond acceptors (Lipinski definition) is 6. The van der Waals surface area contributed by atoms with E-state index in [1.807, 2.05) is 20.8 Å². The molecule has 0 bridgehead atoms. The number of rotatable bonds is 16. The molecule has 3 N–H and O–H groups in total. The molecular formula is C27H40O9P2. The molecule has 0 heterocycles. The van der Waals surface area contributed by atoms with Crippen molar-refractivity contribution in [2.24, 2.45) is 5.41 Å². The monoisotopic (exact) mass is 570 g/mol. The van der Waals surface area contributed by atoms with E-state index >= 15 is 0 Å². The molecule has 9 nitrogen and oxygen atoms in total. The third-order valence-electron chi connectivity index (χ3n) is 6.38. The number of carbonyl (C=O) groups excluding carboxylic acids is 1. The Balaban J connectivity index is 2.86. The maximum Gasteiger partial charge on any atom is 0.481 e. The van der Waals surface area contributed by atoms with Crippen LogP contribution in [0.3, 0.4) is 0 Å². The van der Waals surface area contributed by atoms with Crippen LogP contribution in [0.4, 0.5) is 0 Å². The Bertz CT molecular complexity index is 1160. The van der Waals surface area contributed by atoms with Gasteiger partial charge in [-0.05, 0) is 63.6 Å². The lowest BCUT2D eigenvalue weighted by molar-refractivity contribution is 0.0842. The van der Waals surface area contributed by atoms with Gasteiger partial charge in [0.2, 0.25) is 0 Å². The van der Waals surface area contributed by atoms with Gasteiger partial charge in [0.05, 0.1) is 6.61 Å². The van der Waals surface area contributed by atoms with E-state index in [1.54, 1.807) is 24.3 Å². The van der Waals surface area contributed by atoms with Crippen molar-refractivity contribution in [3.8, 4) is 18.1 Å². The third kappa shape index (κ3) is 12.7. The molecule has 3 unspecified atom stereocenters. The summed E-state index contributed by atoms with van der Waals surface area (Å²) in [5, 5.41) is 0. The number of carbonyl (C=O) groups is 1. The van der Waals surface area contributed by atoms with Gasteiger partial charge in [-0.25, -0.2) is 9.13 Å². The summed E-state index contributed by atoms with van der Waals surface area (Å²) < 4.78 is 37.1. The zero-order valence-electron chi connectivity index (χ0n) is 23.0. The summed E-state index contributed by atoms with van der Waals surface area (Å²) in [6.45, 7) is 11.9. The number of phosphoric ester groups is 1. The van der Waals surface area contributed by atoms with Crippen LogP contribution in [0.1, 0.15) is 89.6 Å². The van der Waals surface area contributed by atoms with Crippen LogP contribution in [0.2, 0.25) is 0 Å². The van der Waals surface area contributed by atoms with Gasteiger partial charge in [-0.1, -0.05) is 56.4 Å². The third-order valence-corrected chi connectivity index (χ3v) is 8.53. The highest BCUT2D eigenvalue weighted by molar-refractivity contribution is 7.60. The smallest absolute Gasteiger partial charge is 0.481 e. The first-order valence-electron chi connectivity index (χ1n) is 12.3. The molecule has 0 amide bonds. The Labute approximate surface area is 226 Å². The molecular weight excluding hydrogens is 530 g/mol. The highest BCUT2D eigenvalue weighted by Gasteiger charge is 2.32. The number of benzene rings is 1. The van der Waals surface area contributed by atoms with Crippen molar-refractivity contribution in [2.45, 2.75) is 79.2 Å². The molecule has 0 aromatic heterocycles. The summed E-state index contributed by atoms with van der Waals surface area (Å²) in [4.78, 5) is 38.0. The molecule has 38 heavy (non-hydrogen) atoms. The van der Waals surface area contributed by atoms with Gasteiger partial charge in [0, 0.05) is 17.5 Å². The first-order chi connectivity index (χ1) is 17.5. The van der Waals surface area contributed by atoms with Crippen LogP contribution in [-0.2, 0) is 18.0 Å². The van der Waals surface area contributed by atoms with Crippen molar-refractivity contribution < 1.29 is 42.2 Å². The van der Waals surface area contributed by atoms with Crippen LogP contribution < -0.4 is 4.74 Å². The van der Waals surface area contributed by atoms with Gasteiger partial charge >= 0.3 is 15.6 Å². The molecule has 1 aromatic carbocycles. The highest BCUT2D eigenvalue weighted by Crippen LogP contribution is 2.57. The Hall–Kier alpha value is -2.01. The average Bonchev–Trinajstić information content (AvgIpc) is 2.80. The molecule has 0 saturated carbocycles. The summed E-state index contributed by atoms with van der Waals surface area (Å²) in [5.74, 6) is 3.10. The average molecular weight is 571 g/mol. The van der Waals surface area contributed by atoms with Crippen LogP contribution in [-0.4, -0.2) is 33.2 Å². The van der Waals surface area contributed by atoms with Crippen molar-refractivity contribution in [3.63, 3.8) is 0 Å². The van der Waals surface area contributed by atoms with Crippen molar-refractivity contribution in [2.75, 3.05) is 6.61 Å². The number of aldehydes is 1. The Morgan fingerprint density at radius 1 is 1.03 bits per heavy atom. The minimum atomic E-state index is -5.15. The lowest BCUT2D eigenvalue weighted by Gasteiger charge is -2.31. The van der Waals surface area contributed by atoms with Gasteiger partial charge in [0.15, 0.2) is 0 Å². The van der Waals surface area contributed by atoms with Crippen molar-refractivity contribution in [3.05, 3.63) is 52.6 Å². The second-order valence-electron chi connectivity index (χ2n) is 10.1. The Morgan fingerprint density at radius 2 is 1.66 bits per heavy atom. The van der Waals surface area contributed by atoms with Crippen molar-refractivity contribution >= 4 is 21.9 Å². The SMILES string of the molecule is C#Cc1cc(C=O)cc(OC(C)(CC)C/C(C)=C/CC(C)(CC)C/C(C)=C/COP(=O)(O)OP(=O)(O)O)c1. The lowest BCUT2D eigenvalue weighted by atomic mass is 9.77. The molecule has 0 saturated heterocycles. The van der Waals surface area contributed by atoms with E-state index < -0.39 is 21.2 Å². The van der Waals surface area contributed by atoms with Crippen molar-refractivity contribution in [1.29, 1.82) is 0 Å². The number of allylic oxidation sites excluding steroid dienone is 2. The van der Waals surface area contributed by atoms with E-state index in [-0.39, 0.29) is 12.0 Å². The zero-order valence-corrected chi connectivity index (χ0v) is 24.8. The summed E-state index contributed by atoms with van der Waals surface area (Å²) >= 11 is 0. The van der Waals surface area contributed by atoms with Gasteiger partial charge in [0.1, 0.15) is 17.6 Å². The molecule has 0 aliphatic heterocycles.